The zero-order chi connectivity index (χ0) is 18.1. The van der Waals surface area contributed by atoms with Gasteiger partial charge in [-0.25, -0.2) is 19.9 Å². The molecule has 0 atom stereocenters. The summed E-state index contributed by atoms with van der Waals surface area (Å²) in [6, 6.07) is 5.93. The van der Waals surface area contributed by atoms with Crippen molar-refractivity contribution in [2.24, 2.45) is 0 Å². The average molecular weight is 386 g/mol. The van der Waals surface area contributed by atoms with Gasteiger partial charge in [-0.3, -0.25) is 0 Å². The number of rotatable bonds is 6. The number of hydrogen-bond acceptors (Lipinski definition) is 7. The minimum Gasteiger partial charge on any atom is -0.495 e. The van der Waals surface area contributed by atoms with Gasteiger partial charge in [0, 0.05) is 6.54 Å². The van der Waals surface area contributed by atoms with E-state index in [1.807, 2.05) is 25.1 Å². The highest BCUT2D eigenvalue weighted by atomic mass is 32.2. The lowest BCUT2D eigenvalue weighted by Gasteiger charge is -2.05. The van der Waals surface area contributed by atoms with E-state index in [0.29, 0.717) is 0 Å². The predicted molar refractivity (Wildman–Crippen MR) is 105 cm³/mol. The average Bonchev–Trinajstić information content (AvgIpc) is 3.21. The van der Waals surface area contributed by atoms with Gasteiger partial charge >= 0.3 is 0 Å². The maximum absolute atomic E-state index is 5.45. The fourth-order valence-corrected chi connectivity index (χ4v) is 4.96. The van der Waals surface area contributed by atoms with Gasteiger partial charge < -0.3 is 9.30 Å². The molecule has 0 fully saturated rings. The zero-order valence-corrected chi connectivity index (χ0v) is 16.5. The Balaban J connectivity index is 1.78. The maximum Gasteiger partial charge on any atom is 0.177 e. The molecule has 6 nitrogen and oxygen atoms in total. The van der Waals surface area contributed by atoms with Crippen LogP contribution in [-0.2, 0) is 6.54 Å². The number of nitrogens with zero attached hydrogens (tertiary/aromatic N) is 5. The summed E-state index contributed by atoms with van der Waals surface area (Å²) in [5.74, 6) is 0.855. The smallest absolute Gasteiger partial charge is 0.177 e. The summed E-state index contributed by atoms with van der Waals surface area (Å²) in [7, 11) is 1.69. The first-order chi connectivity index (χ1) is 12.7. The van der Waals surface area contributed by atoms with Crippen molar-refractivity contribution in [1.82, 2.24) is 24.5 Å². The molecule has 8 heteroatoms. The molecule has 4 aromatic rings. The van der Waals surface area contributed by atoms with Crippen LogP contribution in [0.4, 0.5) is 0 Å². The normalized spacial score (nSPS) is 11.5. The summed E-state index contributed by atoms with van der Waals surface area (Å²) in [5, 5.41) is 0.912. The molecule has 3 heterocycles. The number of aromatic nitrogens is 5. The molecule has 1 aromatic carbocycles. The van der Waals surface area contributed by atoms with E-state index >= 15 is 0 Å². The number of thiazole rings is 1. The number of fused-ring (bicyclic) bond motifs is 2. The molecule has 0 spiro atoms. The Morgan fingerprint density at radius 3 is 2.92 bits per heavy atom. The lowest BCUT2D eigenvalue weighted by molar-refractivity contribution is 0.420. The quantitative estimate of drug-likeness (QED) is 0.479. The third kappa shape index (κ3) is 3.03. The SMILES string of the molecule is CCCCn1c(Sc2nc3cccc(OC)c3s2)nc2c(C)ncnc21. The largest absolute Gasteiger partial charge is 0.495 e. The highest BCUT2D eigenvalue weighted by Gasteiger charge is 2.17. The Morgan fingerprint density at radius 1 is 1.23 bits per heavy atom. The van der Waals surface area contributed by atoms with Crippen molar-refractivity contribution >= 4 is 44.5 Å². The third-order valence-corrected chi connectivity index (χ3v) is 6.31. The van der Waals surface area contributed by atoms with Crippen molar-refractivity contribution in [2.45, 2.75) is 42.7 Å². The van der Waals surface area contributed by atoms with Gasteiger partial charge in [-0.1, -0.05) is 19.4 Å². The number of ether oxygens (including phenoxy) is 1. The number of unbranched alkanes of at least 4 members (excludes halogenated alkanes) is 1. The standard InChI is InChI=1S/C18H19N5OS2/c1-4-5-9-23-16-14(11(2)19-10-20-16)22-17(23)26-18-21-12-7-6-8-13(24-3)15(12)25-18/h6-8,10H,4-5,9H2,1-3H3. The molecular weight excluding hydrogens is 366 g/mol. The lowest BCUT2D eigenvalue weighted by atomic mass is 10.3. The first kappa shape index (κ1) is 17.2. The summed E-state index contributed by atoms with van der Waals surface area (Å²) in [4.78, 5) is 18.3. The van der Waals surface area contributed by atoms with Crippen molar-refractivity contribution < 1.29 is 4.74 Å². The molecule has 0 saturated heterocycles. The van der Waals surface area contributed by atoms with Crippen molar-refractivity contribution in [3.05, 3.63) is 30.2 Å². The van der Waals surface area contributed by atoms with E-state index in [-0.39, 0.29) is 0 Å². The molecule has 0 N–H and O–H groups in total. The number of methoxy groups -OCH3 is 1. The fourth-order valence-electron chi connectivity index (χ4n) is 2.81. The third-order valence-electron chi connectivity index (χ3n) is 4.17. The second kappa shape index (κ2) is 7.20. The molecule has 0 aliphatic carbocycles. The highest BCUT2D eigenvalue weighted by Crippen LogP contribution is 2.38. The van der Waals surface area contributed by atoms with E-state index in [1.165, 1.54) is 0 Å². The van der Waals surface area contributed by atoms with E-state index in [9.17, 15) is 0 Å². The summed E-state index contributed by atoms with van der Waals surface area (Å²) in [5.41, 5.74) is 3.61. The van der Waals surface area contributed by atoms with E-state index in [2.05, 4.69) is 21.5 Å². The topological polar surface area (TPSA) is 65.7 Å². The van der Waals surface area contributed by atoms with Gasteiger partial charge in [0.1, 0.15) is 17.6 Å². The van der Waals surface area contributed by atoms with Crippen LogP contribution in [-0.4, -0.2) is 31.6 Å². The second-order valence-corrected chi connectivity index (χ2v) is 8.13. The summed E-state index contributed by atoms with van der Waals surface area (Å²) in [6.07, 6.45) is 3.81. The summed E-state index contributed by atoms with van der Waals surface area (Å²) >= 11 is 3.21. The molecule has 0 radical (unpaired) electrons. The summed E-state index contributed by atoms with van der Waals surface area (Å²) < 4.78 is 9.64. The highest BCUT2D eigenvalue weighted by molar-refractivity contribution is 8.01. The molecule has 0 saturated carbocycles. The minimum atomic E-state index is 0.855. The first-order valence-corrected chi connectivity index (χ1v) is 10.1. The molecule has 4 rings (SSSR count). The van der Waals surface area contributed by atoms with Crippen LogP contribution in [0.15, 0.2) is 34.0 Å². The first-order valence-electron chi connectivity index (χ1n) is 8.50. The van der Waals surface area contributed by atoms with Crippen LogP contribution in [0.25, 0.3) is 21.4 Å². The van der Waals surface area contributed by atoms with Crippen LogP contribution in [0.3, 0.4) is 0 Å². The molecular formula is C18H19N5OS2. The Kier molecular flexibility index (Phi) is 4.78. The molecule has 26 heavy (non-hydrogen) atoms. The van der Waals surface area contributed by atoms with Crippen LogP contribution in [0, 0.1) is 6.92 Å². The second-order valence-electron chi connectivity index (χ2n) is 5.92. The van der Waals surface area contributed by atoms with Crippen LogP contribution in [0.2, 0.25) is 0 Å². The van der Waals surface area contributed by atoms with Crippen LogP contribution < -0.4 is 4.74 Å². The maximum atomic E-state index is 5.45. The Hall–Kier alpha value is -2.19. The molecule has 3 aromatic heterocycles. The van der Waals surface area contributed by atoms with Gasteiger partial charge in [0.05, 0.1) is 23.0 Å². The number of hydrogen-bond donors (Lipinski definition) is 0. The molecule has 0 unspecified atom stereocenters. The Morgan fingerprint density at radius 2 is 2.12 bits per heavy atom. The van der Waals surface area contributed by atoms with Crippen molar-refractivity contribution in [3.8, 4) is 5.75 Å². The van der Waals surface area contributed by atoms with Gasteiger partial charge in [-0.15, -0.1) is 11.3 Å². The van der Waals surface area contributed by atoms with Crippen LogP contribution in [0.1, 0.15) is 25.5 Å². The molecule has 134 valence electrons. The van der Waals surface area contributed by atoms with Crippen molar-refractivity contribution in [2.75, 3.05) is 7.11 Å². The number of imidazole rings is 1. The van der Waals surface area contributed by atoms with Crippen LogP contribution >= 0.6 is 23.1 Å². The van der Waals surface area contributed by atoms with E-state index in [1.54, 1.807) is 36.5 Å². The molecule has 0 bridgehead atoms. The number of benzene rings is 1. The number of aryl methyl sites for hydroxylation is 2. The minimum absolute atomic E-state index is 0.855. The van der Waals surface area contributed by atoms with Gasteiger partial charge in [-0.05, 0) is 37.2 Å². The Bertz CT molecular complexity index is 1070. The van der Waals surface area contributed by atoms with E-state index in [0.717, 1.165) is 61.7 Å². The van der Waals surface area contributed by atoms with Gasteiger partial charge in [-0.2, -0.15) is 0 Å². The van der Waals surface area contributed by atoms with Gasteiger partial charge in [0.15, 0.2) is 15.1 Å². The molecule has 0 aliphatic rings. The van der Waals surface area contributed by atoms with E-state index in [4.69, 9.17) is 14.7 Å². The molecule has 0 amide bonds. The predicted octanol–water partition coefficient (Wildman–Crippen LogP) is 4.70. The van der Waals surface area contributed by atoms with Crippen LogP contribution in [0.5, 0.6) is 5.75 Å². The van der Waals surface area contributed by atoms with Gasteiger partial charge in [0.25, 0.3) is 0 Å². The van der Waals surface area contributed by atoms with Crippen molar-refractivity contribution in [3.63, 3.8) is 0 Å². The monoisotopic (exact) mass is 385 g/mol. The van der Waals surface area contributed by atoms with Gasteiger partial charge in [0.2, 0.25) is 0 Å². The van der Waals surface area contributed by atoms with Crippen molar-refractivity contribution in [1.29, 1.82) is 0 Å². The summed E-state index contributed by atoms with van der Waals surface area (Å²) in [6.45, 7) is 5.05. The zero-order valence-electron chi connectivity index (χ0n) is 14.9. The fraction of sp³-hybridized carbons (Fsp3) is 0.333. The lowest BCUT2D eigenvalue weighted by Crippen LogP contribution is -2.01. The Labute approximate surface area is 159 Å². The van der Waals surface area contributed by atoms with E-state index < -0.39 is 0 Å². The molecule has 0 aliphatic heterocycles.